The van der Waals surface area contributed by atoms with Gasteiger partial charge in [0.2, 0.25) is 5.89 Å². The van der Waals surface area contributed by atoms with Gasteiger partial charge >= 0.3 is 0 Å². The maximum Gasteiger partial charge on any atom is 0.240 e. The van der Waals surface area contributed by atoms with Crippen molar-refractivity contribution in [1.82, 2.24) is 20.0 Å². The molecule has 0 bridgehead atoms. The van der Waals surface area contributed by atoms with E-state index < -0.39 is 0 Å². The summed E-state index contributed by atoms with van der Waals surface area (Å²) >= 11 is 6.41. The quantitative estimate of drug-likeness (QED) is 0.604. The Labute approximate surface area is 169 Å². The number of benzene rings is 1. The van der Waals surface area contributed by atoms with Crippen molar-refractivity contribution in [2.45, 2.75) is 26.0 Å². The third kappa shape index (κ3) is 4.11. The third-order valence-corrected chi connectivity index (χ3v) is 5.44. The van der Waals surface area contributed by atoms with E-state index in [2.05, 4.69) is 37.1 Å². The first-order valence-corrected chi connectivity index (χ1v) is 9.89. The molecule has 3 heterocycles. The van der Waals surface area contributed by atoms with Gasteiger partial charge in [0.05, 0.1) is 6.54 Å². The number of methoxy groups -OCH3 is 1. The lowest BCUT2D eigenvalue weighted by molar-refractivity contribution is 0.109. The second-order valence-corrected chi connectivity index (χ2v) is 7.39. The van der Waals surface area contributed by atoms with Crippen molar-refractivity contribution in [3.05, 3.63) is 47.2 Å². The van der Waals surface area contributed by atoms with E-state index in [9.17, 15) is 0 Å². The number of anilines is 1. The molecule has 0 amide bonds. The normalized spacial score (nSPS) is 17.0. The van der Waals surface area contributed by atoms with Crippen LogP contribution >= 0.6 is 11.6 Å². The number of hydrogen-bond acceptors (Lipinski definition) is 7. The van der Waals surface area contributed by atoms with Crippen LogP contribution in [0.2, 0.25) is 5.15 Å². The summed E-state index contributed by atoms with van der Waals surface area (Å²) in [5.74, 6) is 2.14. The van der Waals surface area contributed by atoms with Gasteiger partial charge in [-0.05, 0) is 24.8 Å². The Hall–Kier alpha value is -2.22. The van der Waals surface area contributed by atoms with Gasteiger partial charge < -0.3 is 14.2 Å². The fraction of sp³-hybridized carbons (Fsp3) is 0.450. The van der Waals surface area contributed by atoms with Gasteiger partial charge in [0.1, 0.15) is 17.1 Å². The Morgan fingerprint density at radius 3 is 2.89 bits per heavy atom. The zero-order valence-corrected chi connectivity index (χ0v) is 16.9. The molecular formula is C20H24ClN5O2. The van der Waals surface area contributed by atoms with Crippen molar-refractivity contribution in [2.24, 2.45) is 0 Å². The summed E-state index contributed by atoms with van der Waals surface area (Å²) < 4.78 is 10.6. The average Bonchev–Trinajstić information content (AvgIpc) is 3.05. The summed E-state index contributed by atoms with van der Waals surface area (Å²) in [5.41, 5.74) is 0. The zero-order chi connectivity index (χ0) is 19.5. The van der Waals surface area contributed by atoms with E-state index in [1.165, 1.54) is 0 Å². The minimum atomic E-state index is -0.166. The molecular weight excluding hydrogens is 378 g/mol. The highest BCUT2D eigenvalue weighted by Crippen LogP contribution is 2.27. The second kappa shape index (κ2) is 8.43. The van der Waals surface area contributed by atoms with Crippen LogP contribution in [0.15, 0.2) is 34.9 Å². The Morgan fingerprint density at radius 2 is 2.04 bits per heavy atom. The lowest BCUT2D eigenvalue weighted by Gasteiger charge is -2.22. The van der Waals surface area contributed by atoms with E-state index in [0.29, 0.717) is 23.4 Å². The first kappa shape index (κ1) is 19.1. The molecule has 148 valence electrons. The molecule has 0 saturated carbocycles. The number of aromatic nitrogens is 3. The molecule has 1 aliphatic rings. The third-order valence-electron chi connectivity index (χ3n) is 5.15. The lowest BCUT2D eigenvalue weighted by atomic mass is 10.2. The van der Waals surface area contributed by atoms with Gasteiger partial charge in [-0.15, -0.1) is 0 Å². The lowest BCUT2D eigenvalue weighted by Crippen LogP contribution is -2.31. The standard InChI is InChI=1S/C20H24ClN5O2/c1-14(27-2)20-23-18(28-24-20)13-25-8-5-9-26(11-10-25)17-12-15-6-3-4-7-16(15)19(21)22-17/h3-4,6-7,12,14H,5,8-11,13H2,1-2H3. The van der Waals surface area contributed by atoms with E-state index in [-0.39, 0.29) is 6.10 Å². The summed E-state index contributed by atoms with van der Waals surface area (Å²) in [7, 11) is 1.64. The molecule has 1 aliphatic heterocycles. The van der Waals surface area contributed by atoms with Crippen molar-refractivity contribution in [3.63, 3.8) is 0 Å². The summed E-state index contributed by atoms with van der Waals surface area (Å²) in [4.78, 5) is 13.7. The molecule has 28 heavy (non-hydrogen) atoms. The predicted octanol–water partition coefficient (Wildman–Crippen LogP) is 3.69. The number of nitrogens with zero attached hydrogens (tertiary/aromatic N) is 5. The molecule has 1 aromatic carbocycles. The van der Waals surface area contributed by atoms with Crippen molar-refractivity contribution >= 4 is 28.2 Å². The van der Waals surface area contributed by atoms with Crippen molar-refractivity contribution < 1.29 is 9.26 Å². The van der Waals surface area contributed by atoms with E-state index in [1.807, 2.05) is 25.1 Å². The number of halogens is 1. The van der Waals surface area contributed by atoms with Crippen LogP contribution in [-0.4, -0.2) is 53.3 Å². The van der Waals surface area contributed by atoms with Crippen LogP contribution in [0.1, 0.15) is 31.2 Å². The molecule has 8 heteroatoms. The minimum Gasteiger partial charge on any atom is -0.374 e. The molecule has 1 unspecified atom stereocenters. The van der Waals surface area contributed by atoms with Crippen LogP contribution in [0.5, 0.6) is 0 Å². The van der Waals surface area contributed by atoms with Crippen LogP contribution in [0, 0.1) is 0 Å². The summed E-state index contributed by atoms with van der Waals surface area (Å²) in [6.45, 7) is 6.22. The average molecular weight is 402 g/mol. The largest absolute Gasteiger partial charge is 0.374 e. The van der Waals surface area contributed by atoms with Crippen LogP contribution in [-0.2, 0) is 11.3 Å². The molecule has 0 N–H and O–H groups in total. The fourth-order valence-electron chi connectivity index (χ4n) is 3.46. The van der Waals surface area contributed by atoms with E-state index in [0.717, 1.165) is 49.2 Å². The van der Waals surface area contributed by atoms with Crippen molar-refractivity contribution in [2.75, 3.05) is 38.2 Å². The SMILES string of the molecule is COC(C)c1noc(CN2CCCN(c3cc4ccccc4c(Cl)n3)CC2)n1. The first-order chi connectivity index (χ1) is 13.6. The highest BCUT2D eigenvalue weighted by molar-refractivity contribution is 6.34. The van der Waals surface area contributed by atoms with E-state index in [1.54, 1.807) is 7.11 Å². The van der Waals surface area contributed by atoms with E-state index in [4.69, 9.17) is 20.9 Å². The monoisotopic (exact) mass is 401 g/mol. The van der Waals surface area contributed by atoms with Gasteiger partial charge in [-0.3, -0.25) is 4.90 Å². The molecule has 0 aliphatic carbocycles. The van der Waals surface area contributed by atoms with Crippen LogP contribution in [0.4, 0.5) is 5.82 Å². The molecule has 1 saturated heterocycles. The summed E-state index contributed by atoms with van der Waals surface area (Å²) in [6.07, 6.45) is 0.863. The molecule has 0 radical (unpaired) electrons. The summed E-state index contributed by atoms with van der Waals surface area (Å²) in [6, 6.07) is 10.2. The molecule has 0 spiro atoms. The highest BCUT2D eigenvalue weighted by atomic mass is 35.5. The fourth-order valence-corrected chi connectivity index (χ4v) is 3.72. The number of pyridine rings is 1. The van der Waals surface area contributed by atoms with Gasteiger partial charge in [-0.2, -0.15) is 4.98 Å². The topological polar surface area (TPSA) is 67.5 Å². The van der Waals surface area contributed by atoms with Crippen LogP contribution in [0.3, 0.4) is 0 Å². The highest BCUT2D eigenvalue weighted by Gasteiger charge is 2.20. The number of hydrogen-bond donors (Lipinski definition) is 0. The number of rotatable bonds is 5. The predicted molar refractivity (Wildman–Crippen MR) is 109 cm³/mol. The van der Waals surface area contributed by atoms with Gasteiger partial charge in [0.15, 0.2) is 5.82 Å². The molecule has 7 nitrogen and oxygen atoms in total. The Balaban J connectivity index is 1.43. The Morgan fingerprint density at radius 1 is 1.18 bits per heavy atom. The Bertz CT molecular complexity index is 947. The van der Waals surface area contributed by atoms with Crippen LogP contribution < -0.4 is 4.90 Å². The smallest absolute Gasteiger partial charge is 0.240 e. The van der Waals surface area contributed by atoms with Crippen LogP contribution in [0.25, 0.3) is 10.8 Å². The zero-order valence-electron chi connectivity index (χ0n) is 16.1. The van der Waals surface area contributed by atoms with Crippen molar-refractivity contribution in [1.29, 1.82) is 0 Å². The first-order valence-electron chi connectivity index (χ1n) is 9.52. The maximum atomic E-state index is 6.41. The summed E-state index contributed by atoms with van der Waals surface area (Å²) in [5, 5.41) is 6.66. The molecule has 1 atom stereocenters. The van der Waals surface area contributed by atoms with E-state index >= 15 is 0 Å². The minimum absolute atomic E-state index is 0.166. The molecule has 4 rings (SSSR count). The molecule has 2 aromatic heterocycles. The van der Waals surface area contributed by atoms with Gasteiger partial charge in [-0.1, -0.05) is 41.0 Å². The van der Waals surface area contributed by atoms with Crippen molar-refractivity contribution in [3.8, 4) is 0 Å². The molecule has 3 aromatic rings. The number of fused-ring (bicyclic) bond motifs is 1. The molecule has 1 fully saturated rings. The second-order valence-electron chi connectivity index (χ2n) is 7.03. The van der Waals surface area contributed by atoms with Gasteiger partial charge in [-0.25, -0.2) is 4.98 Å². The van der Waals surface area contributed by atoms with Gasteiger partial charge in [0.25, 0.3) is 0 Å². The van der Waals surface area contributed by atoms with Gasteiger partial charge in [0, 0.05) is 38.7 Å². The Kier molecular flexibility index (Phi) is 5.75. The maximum absolute atomic E-state index is 6.41. The number of ether oxygens (including phenoxy) is 1.